The van der Waals surface area contributed by atoms with Crippen LogP contribution in [0.4, 0.5) is 5.69 Å². The van der Waals surface area contributed by atoms with Gasteiger partial charge < -0.3 is 20.5 Å². The van der Waals surface area contributed by atoms with Crippen LogP contribution in [0.15, 0.2) is 12.1 Å². The largest absolute Gasteiger partial charge is 0.493 e. The van der Waals surface area contributed by atoms with E-state index in [4.69, 9.17) is 15.2 Å². The fourth-order valence-electron chi connectivity index (χ4n) is 4.35. The van der Waals surface area contributed by atoms with Crippen molar-refractivity contribution in [3.05, 3.63) is 17.7 Å². The molecule has 2 unspecified atom stereocenters. The van der Waals surface area contributed by atoms with Gasteiger partial charge in [0.1, 0.15) is 0 Å². The van der Waals surface area contributed by atoms with Gasteiger partial charge in [-0.05, 0) is 56.1 Å². The number of ether oxygens (including phenoxy) is 2. The number of anilines is 1. The van der Waals surface area contributed by atoms with Crippen LogP contribution in [-0.2, 0) is 4.79 Å². The van der Waals surface area contributed by atoms with Crippen molar-refractivity contribution in [2.24, 2.45) is 23.5 Å². The third kappa shape index (κ3) is 4.04. The molecule has 1 aromatic carbocycles. The van der Waals surface area contributed by atoms with Crippen LogP contribution in [0.25, 0.3) is 0 Å². The lowest BCUT2D eigenvalue weighted by atomic mass is 9.65. The van der Waals surface area contributed by atoms with Gasteiger partial charge in [-0.1, -0.05) is 6.42 Å². The van der Waals surface area contributed by atoms with Crippen molar-refractivity contribution >= 4 is 24.0 Å². The fourth-order valence-corrected chi connectivity index (χ4v) is 4.35. The minimum Gasteiger partial charge on any atom is -0.493 e. The number of fused-ring (bicyclic) bond motifs is 2. The molecule has 2 atom stereocenters. The molecule has 1 amide bonds. The molecule has 0 saturated heterocycles. The average molecular weight is 369 g/mol. The highest BCUT2D eigenvalue weighted by atomic mass is 35.5. The molecule has 3 N–H and O–H groups in total. The van der Waals surface area contributed by atoms with E-state index in [0.29, 0.717) is 23.3 Å². The topological polar surface area (TPSA) is 73.6 Å². The first-order valence-electron chi connectivity index (χ1n) is 8.82. The number of benzene rings is 1. The quantitative estimate of drug-likeness (QED) is 0.852. The number of halogens is 1. The van der Waals surface area contributed by atoms with Gasteiger partial charge in [-0.3, -0.25) is 4.79 Å². The van der Waals surface area contributed by atoms with Crippen LogP contribution >= 0.6 is 12.4 Å². The van der Waals surface area contributed by atoms with Crippen molar-refractivity contribution < 1.29 is 14.3 Å². The maximum atomic E-state index is 12.8. The van der Waals surface area contributed by atoms with E-state index in [2.05, 4.69) is 5.32 Å². The Morgan fingerprint density at radius 1 is 1.12 bits per heavy atom. The summed E-state index contributed by atoms with van der Waals surface area (Å²) < 4.78 is 10.6. The number of nitrogens with one attached hydrogen (secondary N) is 1. The number of rotatable bonds is 4. The summed E-state index contributed by atoms with van der Waals surface area (Å²) >= 11 is 0. The van der Waals surface area contributed by atoms with Crippen molar-refractivity contribution in [2.75, 3.05) is 19.5 Å². The Kier molecular flexibility index (Phi) is 6.58. The number of aryl methyl sites for hydroxylation is 1. The number of methoxy groups -OCH3 is 2. The molecule has 0 radical (unpaired) electrons. The smallest absolute Gasteiger partial charge is 0.227 e. The van der Waals surface area contributed by atoms with E-state index >= 15 is 0 Å². The second kappa shape index (κ2) is 8.28. The molecule has 5 nitrogen and oxygen atoms in total. The first kappa shape index (κ1) is 19.9. The number of hydrogen-bond donors (Lipinski definition) is 2. The lowest BCUT2D eigenvalue weighted by molar-refractivity contribution is -0.122. The van der Waals surface area contributed by atoms with Gasteiger partial charge in [-0.15, -0.1) is 12.4 Å². The number of nitrogens with two attached hydrogens (primary N) is 1. The summed E-state index contributed by atoms with van der Waals surface area (Å²) in [6.07, 6.45) is 5.41. The standard InChI is InChI=1S/C19H28N2O3.ClH/c1-11-7-16(23-2)17(24-3)10-15(11)21-19(22)14-8-12-5-4-6-13(9-14)18(12)20;/h7,10,12-14,18H,4-6,8-9,20H2,1-3H3,(H,21,22);1H. The molecule has 0 aliphatic heterocycles. The summed E-state index contributed by atoms with van der Waals surface area (Å²) in [5.41, 5.74) is 8.09. The molecule has 2 saturated carbocycles. The lowest BCUT2D eigenvalue weighted by Crippen LogP contribution is -2.48. The van der Waals surface area contributed by atoms with Crippen molar-refractivity contribution in [1.82, 2.24) is 0 Å². The Balaban J connectivity index is 0.00000225. The van der Waals surface area contributed by atoms with Crippen LogP contribution in [-0.4, -0.2) is 26.2 Å². The van der Waals surface area contributed by atoms with E-state index in [1.165, 1.54) is 6.42 Å². The molecule has 2 aliphatic carbocycles. The predicted octanol–water partition coefficient (Wildman–Crippen LogP) is 3.53. The lowest BCUT2D eigenvalue weighted by Gasteiger charge is -2.43. The Bertz CT molecular complexity index is 609. The van der Waals surface area contributed by atoms with E-state index in [9.17, 15) is 4.79 Å². The van der Waals surface area contributed by atoms with Crippen LogP contribution in [0, 0.1) is 24.7 Å². The molecule has 140 valence electrons. The van der Waals surface area contributed by atoms with Crippen LogP contribution in [0.3, 0.4) is 0 Å². The van der Waals surface area contributed by atoms with Gasteiger partial charge in [0, 0.05) is 23.7 Å². The SMILES string of the molecule is COc1cc(C)c(NC(=O)C2CC3CCCC(C2)C3N)cc1OC.Cl. The zero-order valence-electron chi connectivity index (χ0n) is 15.2. The van der Waals surface area contributed by atoms with E-state index in [1.807, 2.05) is 19.1 Å². The third-order valence-corrected chi connectivity index (χ3v) is 5.77. The van der Waals surface area contributed by atoms with Gasteiger partial charge >= 0.3 is 0 Å². The fraction of sp³-hybridized carbons (Fsp3) is 0.632. The van der Waals surface area contributed by atoms with Crippen LogP contribution in [0.1, 0.15) is 37.7 Å². The predicted molar refractivity (Wildman–Crippen MR) is 102 cm³/mol. The van der Waals surface area contributed by atoms with Gasteiger partial charge in [-0.2, -0.15) is 0 Å². The average Bonchev–Trinajstić information content (AvgIpc) is 2.55. The molecular weight excluding hydrogens is 340 g/mol. The van der Waals surface area contributed by atoms with Gasteiger partial charge in [-0.25, -0.2) is 0 Å². The highest BCUT2D eigenvalue weighted by Crippen LogP contribution is 2.42. The summed E-state index contributed by atoms with van der Waals surface area (Å²) in [6, 6.07) is 4.01. The first-order valence-corrected chi connectivity index (χ1v) is 8.82. The van der Waals surface area contributed by atoms with Gasteiger partial charge in [0.2, 0.25) is 5.91 Å². The summed E-state index contributed by atoms with van der Waals surface area (Å²) in [7, 11) is 3.21. The summed E-state index contributed by atoms with van der Waals surface area (Å²) in [6.45, 7) is 1.96. The molecule has 25 heavy (non-hydrogen) atoms. The Morgan fingerprint density at radius 3 is 2.24 bits per heavy atom. The zero-order valence-corrected chi connectivity index (χ0v) is 16.0. The molecule has 0 spiro atoms. The first-order chi connectivity index (χ1) is 11.5. The molecule has 0 aromatic heterocycles. The number of carbonyl (C=O) groups is 1. The third-order valence-electron chi connectivity index (χ3n) is 5.77. The van der Waals surface area contributed by atoms with E-state index in [1.54, 1.807) is 14.2 Å². The molecule has 2 bridgehead atoms. The van der Waals surface area contributed by atoms with Gasteiger partial charge in [0.15, 0.2) is 11.5 Å². The Hall–Kier alpha value is -1.46. The van der Waals surface area contributed by atoms with Crippen LogP contribution in [0.5, 0.6) is 11.5 Å². The molecule has 1 aromatic rings. The maximum absolute atomic E-state index is 12.8. The van der Waals surface area contributed by atoms with Crippen LogP contribution < -0.4 is 20.5 Å². The summed E-state index contributed by atoms with van der Waals surface area (Å²) in [5, 5.41) is 3.09. The van der Waals surface area contributed by atoms with E-state index in [-0.39, 0.29) is 30.3 Å². The second-order valence-corrected chi connectivity index (χ2v) is 7.21. The Labute approximate surface area is 156 Å². The van der Waals surface area contributed by atoms with Gasteiger partial charge in [0.05, 0.1) is 14.2 Å². The molecule has 2 aliphatic rings. The van der Waals surface area contributed by atoms with Crippen molar-refractivity contribution in [2.45, 2.75) is 45.1 Å². The Morgan fingerprint density at radius 2 is 1.68 bits per heavy atom. The zero-order chi connectivity index (χ0) is 17.3. The highest BCUT2D eigenvalue weighted by molar-refractivity contribution is 5.93. The molecule has 3 rings (SSSR count). The molecule has 2 fully saturated rings. The summed E-state index contributed by atoms with van der Waals surface area (Å²) in [4.78, 5) is 12.8. The van der Waals surface area contributed by atoms with Crippen molar-refractivity contribution in [3.8, 4) is 11.5 Å². The number of hydrogen-bond acceptors (Lipinski definition) is 4. The second-order valence-electron chi connectivity index (χ2n) is 7.21. The minimum absolute atomic E-state index is 0. The molecule has 0 heterocycles. The van der Waals surface area contributed by atoms with E-state index in [0.717, 1.165) is 36.9 Å². The molecular formula is C19H29ClN2O3. The monoisotopic (exact) mass is 368 g/mol. The highest BCUT2D eigenvalue weighted by Gasteiger charge is 2.40. The minimum atomic E-state index is 0. The molecule has 6 heteroatoms. The van der Waals surface area contributed by atoms with Crippen molar-refractivity contribution in [1.29, 1.82) is 0 Å². The van der Waals surface area contributed by atoms with Crippen LogP contribution in [0.2, 0.25) is 0 Å². The number of amides is 1. The van der Waals surface area contributed by atoms with Gasteiger partial charge in [0.25, 0.3) is 0 Å². The maximum Gasteiger partial charge on any atom is 0.227 e. The number of carbonyl (C=O) groups excluding carboxylic acids is 1. The normalized spacial score (nSPS) is 27.8. The summed E-state index contributed by atoms with van der Waals surface area (Å²) in [5.74, 6) is 2.47. The van der Waals surface area contributed by atoms with E-state index < -0.39 is 0 Å². The van der Waals surface area contributed by atoms with Crippen molar-refractivity contribution in [3.63, 3.8) is 0 Å².